The van der Waals surface area contributed by atoms with E-state index in [-0.39, 0.29) is 34.2 Å². The molecule has 7 heterocycles. The second-order valence-electron chi connectivity index (χ2n) is 10.3. The fraction of sp³-hybridized carbons (Fsp3) is 0.500. The molecule has 0 spiro atoms. The van der Waals surface area contributed by atoms with Crippen molar-refractivity contribution in [3.8, 4) is 0 Å². The van der Waals surface area contributed by atoms with Crippen LogP contribution in [0.1, 0.15) is 12.5 Å². The maximum atomic E-state index is 12.3. The van der Waals surface area contributed by atoms with Gasteiger partial charge in [-0.3, -0.25) is 33.2 Å². The number of aliphatic hydroxyl groups is 2. The fourth-order valence-electron chi connectivity index (χ4n) is 5.39. The second kappa shape index (κ2) is 11.6. The molecule has 0 radical (unpaired) electrons. The number of nitrogens with one attached hydrogen (secondary N) is 2. The largest absolute Gasteiger partial charge is 0.386 e. The number of fused-ring (bicyclic) bond motifs is 4. The van der Waals surface area contributed by atoms with Crippen molar-refractivity contribution < 1.29 is 42.7 Å². The average Bonchev–Trinajstić information content (AvgIpc) is 3.72. The molecule has 0 saturated carbocycles. The smallest absolute Gasteiger partial charge is 0.325 e. The zero-order valence-corrected chi connectivity index (χ0v) is 27.1. The molecule has 46 heavy (non-hydrogen) atoms. The number of thiol groups is 1. The maximum absolute atomic E-state index is 12.3. The molecule has 26 heteroatoms. The van der Waals surface area contributed by atoms with Crippen LogP contribution in [0.15, 0.2) is 22.2 Å². The van der Waals surface area contributed by atoms with Gasteiger partial charge >= 0.3 is 6.72 Å². The molecule has 0 aromatic carbocycles. The van der Waals surface area contributed by atoms with Crippen molar-refractivity contribution in [3.63, 3.8) is 0 Å². The monoisotopic (exact) mass is 738 g/mol. The van der Waals surface area contributed by atoms with Crippen LogP contribution in [0.4, 0.5) is 11.9 Å². The van der Waals surface area contributed by atoms with Gasteiger partial charge in [0.25, 0.3) is 11.1 Å². The highest BCUT2D eigenvalue weighted by Gasteiger charge is 2.52. The Kier molecular flexibility index (Phi) is 8.13. The first-order valence-corrected chi connectivity index (χ1v) is 19.5. The van der Waals surface area contributed by atoms with E-state index in [2.05, 4.69) is 42.2 Å². The highest BCUT2D eigenvalue weighted by atomic mass is 32.9. The number of nitrogens with two attached hydrogens (primary N) is 2. The van der Waals surface area contributed by atoms with Crippen molar-refractivity contribution in [1.29, 1.82) is 0 Å². The first kappa shape index (κ1) is 32.2. The van der Waals surface area contributed by atoms with Gasteiger partial charge in [-0.2, -0.15) is 9.97 Å². The minimum atomic E-state index is -4.17. The molecular formula is C20H24N10O11P2S3. The number of aromatic nitrogens is 8. The standard InChI is InChI=1S/C20H24N10O11P2S3/c21-19-25-13-7(15(33)27-19)23-3-29(13)17-9(31)11-6(39-17)2-37-43(45,46)41-12-5(1-36-42(35,44)40-11)38-18(10(12)32)30-4-24-8-14(30)26-20(22)28-16(8)34/h3-6,9-12,17-18,31-32H,1-2H2,(H,35,44)(H,45,46)(H3,21,25,27,33)(H3,22,26,28,34)/t5-,6-,9-,10-,11-,12-,17?,18-,42?/m1/s1. The topological polar surface area (TPSA) is 295 Å². The SMILES string of the molecule is Nc1nc2c(ncn2C2O[C@@H]3COP(=S)(S)O[C@H]4[C@@H](O)[C@H](n5cnc6c(=O)[nH]c(N)nc65)O[C@@H]4COP(O)(=S)O[C@H]3[C@H]2O)c(=O)[nH]1. The minimum absolute atomic E-state index is 0.00698. The van der Waals surface area contributed by atoms with Crippen LogP contribution in [0.3, 0.4) is 0 Å². The van der Waals surface area contributed by atoms with Crippen LogP contribution >= 0.6 is 24.7 Å². The molecule has 10 atom stereocenters. The number of aromatic amines is 2. The lowest BCUT2D eigenvalue weighted by molar-refractivity contribution is -0.0561. The number of H-pyrrole nitrogens is 2. The predicted octanol–water partition coefficient (Wildman–Crippen LogP) is -1.88. The predicted molar refractivity (Wildman–Crippen MR) is 166 cm³/mol. The van der Waals surface area contributed by atoms with Crippen molar-refractivity contribution in [2.75, 3.05) is 24.7 Å². The fourth-order valence-corrected chi connectivity index (χ4v) is 8.81. The van der Waals surface area contributed by atoms with Gasteiger partial charge in [-0.25, -0.2) is 9.97 Å². The van der Waals surface area contributed by atoms with Crippen molar-refractivity contribution in [3.05, 3.63) is 33.4 Å². The molecule has 3 unspecified atom stereocenters. The van der Waals surface area contributed by atoms with Crippen LogP contribution in [0.2, 0.25) is 0 Å². The third kappa shape index (κ3) is 5.71. The third-order valence-corrected chi connectivity index (χ3v) is 11.1. The molecule has 0 aliphatic carbocycles. The Morgan fingerprint density at radius 3 is 1.80 bits per heavy atom. The molecule has 4 aromatic heterocycles. The number of imidazole rings is 2. The molecule has 0 bridgehead atoms. The molecule has 3 fully saturated rings. The number of nitrogens with zero attached hydrogens (tertiary/aromatic N) is 6. The normalized spacial score (nSPS) is 37.1. The minimum Gasteiger partial charge on any atom is -0.386 e. The summed E-state index contributed by atoms with van der Waals surface area (Å²) >= 11 is 15.2. The van der Waals surface area contributed by atoms with E-state index in [1.165, 1.54) is 21.8 Å². The molecule has 0 amide bonds. The van der Waals surface area contributed by atoms with Crippen molar-refractivity contribution in [1.82, 2.24) is 39.0 Å². The van der Waals surface area contributed by atoms with Gasteiger partial charge in [0.2, 0.25) is 17.6 Å². The average molecular weight is 739 g/mol. The number of hydrogen-bond acceptors (Lipinski definition) is 18. The van der Waals surface area contributed by atoms with Gasteiger partial charge in [-0.1, -0.05) is 12.2 Å². The number of ether oxygens (including phenoxy) is 2. The van der Waals surface area contributed by atoms with E-state index in [1.807, 2.05) is 0 Å². The van der Waals surface area contributed by atoms with Crippen LogP contribution in [0.25, 0.3) is 22.3 Å². The molecule has 3 saturated heterocycles. The van der Waals surface area contributed by atoms with E-state index in [0.717, 1.165) is 0 Å². The summed E-state index contributed by atoms with van der Waals surface area (Å²) < 4.78 is 37.7. The lowest BCUT2D eigenvalue weighted by Gasteiger charge is -2.30. The first-order valence-electron chi connectivity index (χ1n) is 13.1. The van der Waals surface area contributed by atoms with E-state index in [0.29, 0.717) is 0 Å². The Hall–Kier alpha value is -2.41. The van der Waals surface area contributed by atoms with Gasteiger partial charge in [-0.05, 0) is 23.6 Å². The number of rotatable bonds is 2. The van der Waals surface area contributed by atoms with Crippen LogP contribution in [-0.2, 0) is 51.2 Å². The van der Waals surface area contributed by atoms with Crippen molar-refractivity contribution in [2.45, 2.75) is 49.1 Å². The maximum Gasteiger partial charge on any atom is 0.325 e. The molecule has 248 valence electrons. The summed E-state index contributed by atoms with van der Waals surface area (Å²) in [5.74, 6) is -0.389. The molecule has 3 aliphatic heterocycles. The summed E-state index contributed by atoms with van der Waals surface area (Å²) in [4.78, 5) is 56.5. The van der Waals surface area contributed by atoms with Gasteiger partial charge in [0, 0.05) is 0 Å². The Labute approximate surface area is 270 Å². The number of nitrogen functional groups attached to an aromatic ring is 2. The first-order chi connectivity index (χ1) is 21.7. The van der Waals surface area contributed by atoms with E-state index in [4.69, 9.17) is 62.6 Å². The van der Waals surface area contributed by atoms with E-state index in [9.17, 15) is 24.7 Å². The summed E-state index contributed by atoms with van der Waals surface area (Å²) in [7, 11) is 0. The number of aliphatic hydroxyl groups excluding tert-OH is 2. The highest BCUT2D eigenvalue weighted by molar-refractivity contribution is 8.60. The molecule has 4 aromatic rings. The Morgan fingerprint density at radius 1 is 0.848 bits per heavy atom. The molecule has 7 rings (SSSR count). The third-order valence-electron chi connectivity index (χ3n) is 7.38. The Morgan fingerprint density at radius 2 is 1.30 bits per heavy atom. The Balaban J connectivity index is 1.18. The number of hydrogen-bond donors (Lipinski definition) is 8. The van der Waals surface area contributed by atoms with Gasteiger partial charge in [-0.15, -0.1) is 0 Å². The summed E-state index contributed by atoms with van der Waals surface area (Å²) in [5, 5.41) is 22.6. The van der Waals surface area contributed by atoms with Crippen molar-refractivity contribution in [2.24, 2.45) is 0 Å². The van der Waals surface area contributed by atoms with Gasteiger partial charge < -0.3 is 49.6 Å². The van der Waals surface area contributed by atoms with Crippen LogP contribution in [0.5, 0.6) is 0 Å². The summed E-state index contributed by atoms with van der Waals surface area (Å²) in [6.45, 7) is -5.06. The van der Waals surface area contributed by atoms with Crippen LogP contribution in [0, 0.1) is 0 Å². The van der Waals surface area contributed by atoms with Crippen LogP contribution in [-0.4, -0.2) is 104 Å². The summed E-state index contributed by atoms with van der Waals surface area (Å²) in [6.07, 6.45) is -7.99. The molecule has 21 nitrogen and oxygen atoms in total. The van der Waals surface area contributed by atoms with E-state index in [1.54, 1.807) is 0 Å². The lowest BCUT2D eigenvalue weighted by atomic mass is 10.1. The Bertz CT molecular complexity index is 1910. The zero-order valence-electron chi connectivity index (χ0n) is 22.8. The molecule has 9 N–H and O–H groups in total. The quantitative estimate of drug-likeness (QED) is 0.0825. The summed E-state index contributed by atoms with van der Waals surface area (Å²) in [6, 6.07) is 0. The van der Waals surface area contributed by atoms with E-state index < -0.39 is 85.8 Å². The highest BCUT2D eigenvalue weighted by Crippen LogP contribution is 2.58. The zero-order chi connectivity index (χ0) is 32.7. The number of anilines is 2. The van der Waals surface area contributed by atoms with Crippen molar-refractivity contribution >= 4 is 82.5 Å². The molecule has 3 aliphatic rings. The second-order valence-corrected chi connectivity index (χ2v) is 18.4. The van der Waals surface area contributed by atoms with Gasteiger partial charge in [0.05, 0.1) is 25.9 Å². The van der Waals surface area contributed by atoms with E-state index >= 15 is 0 Å². The van der Waals surface area contributed by atoms with Crippen LogP contribution < -0.4 is 22.6 Å². The lowest BCUT2D eigenvalue weighted by Crippen LogP contribution is -2.38. The van der Waals surface area contributed by atoms with Gasteiger partial charge in [0.15, 0.2) is 34.8 Å². The molecular weight excluding hydrogens is 714 g/mol. The summed E-state index contributed by atoms with van der Waals surface area (Å²) in [5.41, 5.74) is 6.55. The van der Waals surface area contributed by atoms with Gasteiger partial charge in [0.1, 0.15) is 36.6 Å².